The molecule has 2 heterocycles. The van der Waals surface area contributed by atoms with Gasteiger partial charge in [0.15, 0.2) is 0 Å². The Morgan fingerprint density at radius 2 is 2.05 bits per heavy atom. The molecule has 2 N–H and O–H groups in total. The number of carbonyl (C=O) groups excluding carboxylic acids is 1. The molecule has 1 aromatic rings. The summed E-state index contributed by atoms with van der Waals surface area (Å²) in [6, 6.07) is 0. The lowest BCUT2D eigenvalue weighted by Crippen LogP contribution is -2.48. The van der Waals surface area contributed by atoms with Crippen LogP contribution in [0.3, 0.4) is 0 Å². The number of carbonyl (C=O) groups is 1. The van der Waals surface area contributed by atoms with Gasteiger partial charge in [-0.3, -0.25) is 14.3 Å². The molecule has 20 heavy (non-hydrogen) atoms. The lowest BCUT2D eigenvalue weighted by atomic mass is 10.2. The number of amides is 1. The van der Waals surface area contributed by atoms with Crippen LogP contribution >= 0.6 is 0 Å². The summed E-state index contributed by atoms with van der Waals surface area (Å²) in [4.78, 5) is 19.4. The van der Waals surface area contributed by atoms with E-state index in [-0.39, 0.29) is 5.91 Å². The van der Waals surface area contributed by atoms with Gasteiger partial charge >= 0.3 is 6.55 Å². The van der Waals surface area contributed by atoms with Gasteiger partial charge in [0.25, 0.3) is 0 Å². The Bertz CT molecular complexity index is 443. The molecule has 0 saturated carbocycles. The van der Waals surface area contributed by atoms with Gasteiger partial charge in [-0.05, 0) is 0 Å². The summed E-state index contributed by atoms with van der Waals surface area (Å²) in [6.07, 6.45) is 3.01. The third-order valence-corrected chi connectivity index (χ3v) is 3.41. The minimum atomic E-state index is -2.57. The Kier molecular flexibility index (Phi) is 5.02. The highest BCUT2D eigenvalue weighted by Crippen LogP contribution is 2.15. The fourth-order valence-electron chi connectivity index (χ4n) is 2.28. The summed E-state index contributed by atoms with van der Waals surface area (Å²) < 4.78 is 26.3. The third-order valence-electron chi connectivity index (χ3n) is 3.41. The largest absolute Gasteiger partial charge is 0.340 e. The SMILES string of the molecule is NCCC(=O)N1CCN(Cc2nccn2C(F)F)CC1. The summed E-state index contributed by atoms with van der Waals surface area (Å²) in [5, 5.41) is 0. The zero-order valence-corrected chi connectivity index (χ0v) is 11.2. The highest BCUT2D eigenvalue weighted by Gasteiger charge is 2.22. The molecule has 1 aliphatic rings. The normalized spacial score (nSPS) is 16.9. The minimum absolute atomic E-state index is 0.0567. The fraction of sp³-hybridized carbons (Fsp3) is 0.667. The standard InChI is InChI=1S/C12H19F2N5O/c13-12(14)19-4-3-16-10(19)9-17-5-7-18(8-6-17)11(20)1-2-15/h3-4,12H,1-2,5-9,15H2. The van der Waals surface area contributed by atoms with E-state index in [4.69, 9.17) is 5.73 Å². The van der Waals surface area contributed by atoms with E-state index < -0.39 is 6.55 Å². The van der Waals surface area contributed by atoms with Crippen LogP contribution in [-0.4, -0.2) is 58.0 Å². The van der Waals surface area contributed by atoms with Crippen molar-refractivity contribution in [1.82, 2.24) is 19.4 Å². The first-order valence-electron chi connectivity index (χ1n) is 6.62. The molecule has 1 fully saturated rings. The number of hydrogen-bond donors (Lipinski definition) is 1. The molecule has 0 atom stereocenters. The maximum atomic E-state index is 12.7. The number of nitrogens with zero attached hydrogens (tertiary/aromatic N) is 4. The topological polar surface area (TPSA) is 67.4 Å². The molecule has 1 aliphatic heterocycles. The predicted molar refractivity (Wildman–Crippen MR) is 69.0 cm³/mol. The molecule has 0 aliphatic carbocycles. The molecule has 6 nitrogen and oxygen atoms in total. The zero-order valence-electron chi connectivity index (χ0n) is 11.2. The molecule has 112 valence electrons. The molecule has 1 amide bonds. The number of alkyl halides is 2. The van der Waals surface area contributed by atoms with Crippen molar-refractivity contribution in [3.8, 4) is 0 Å². The second kappa shape index (κ2) is 6.76. The number of imidazole rings is 1. The van der Waals surface area contributed by atoms with Gasteiger partial charge in [-0.1, -0.05) is 0 Å². The number of piperazine rings is 1. The van der Waals surface area contributed by atoms with Crippen molar-refractivity contribution in [3.63, 3.8) is 0 Å². The maximum Gasteiger partial charge on any atom is 0.319 e. The smallest absolute Gasteiger partial charge is 0.319 e. The van der Waals surface area contributed by atoms with Crippen LogP contribution in [-0.2, 0) is 11.3 Å². The van der Waals surface area contributed by atoms with E-state index in [2.05, 4.69) is 4.98 Å². The van der Waals surface area contributed by atoms with Crippen molar-refractivity contribution in [2.75, 3.05) is 32.7 Å². The molecule has 1 aromatic heterocycles. The maximum absolute atomic E-state index is 12.7. The average Bonchev–Trinajstić information content (AvgIpc) is 2.88. The zero-order chi connectivity index (χ0) is 14.5. The Morgan fingerprint density at radius 1 is 1.35 bits per heavy atom. The molecule has 8 heteroatoms. The Labute approximate surface area is 116 Å². The summed E-state index contributed by atoms with van der Waals surface area (Å²) >= 11 is 0. The van der Waals surface area contributed by atoms with Crippen LogP contribution in [0.1, 0.15) is 18.8 Å². The van der Waals surface area contributed by atoms with Gasteiger partial charge in [-0.2, -0.15) is 8.78 Å². The van der Waals surface area contributed by atoms with Crippen LogP contribution < -0.4 is 5.73 Å². The molecule has 0 spiro atoms. The summed E-state index contributed by atoms with van der Waals surface area (Å²) in [5.41, 5.74) is 5.36. The van der Waals surface area contributed by atoms with Gasteiger partial charge < -0.3 is 10.6 Å². The molecule has 0 bridgehead atoms. The van der Waals surface area contributed by atoms with Crippen molar-refractivity contribution < 1.29 is 13.6 Å². The monoisotopic (exact) mass is 287 g/mol. The molecule has 0 aromatic carbocycles. The number of hydrogen-bond acceptors (Lipinski definition) is 4. The van der Waals surface area contributed by atoms with Gasteiger partial charge in [-0.15, -0.1) is 0 Å². The summed E-state index contributed by atoms with van der Waals surface area (Å²) in [7, 11) is 0. The summed E-state index contributed by atoms with van der Waals surface area (Å²) in [6.45, 7) is 0.683. The van der Waals surface area contributed by atoms with Crippen molar-refractivity contribution >= 4 is 5.91 Å². The van der Waals surface area contributed by atoms with Crippen LogP contribution in [0.15, 0.2) is 12.4 Å². The second-order valence-corrected chi connectivity index (χ2v) is 4.72. The van der Waals surface area contributed by atoms with E-state index in [0.717, 1.165) is 4.57 Å². The van der Waals surface area contributed by atoms with E-state index in [1.54, 1.807) is 4.90 Å². The molecule has 0 radical (unpaired) electrons. The van der Waals surface area contributed by atoms with Crippen molar-refractivity contribution in [1.29, 1.82) is 0 Å². The van der Waals surface area contributed by atoms with E-state index in [9.17, 15) is 13.6 Å². The highest BCUT2D eigenvalue weighted by molar-refractivity contribution is 5.76. The van der Waals surface area contributed by atoms with E-state index in [1.807, 2.05) is 4.90 Å². The molecule has 2 rings (SSSR count). The first-order chi connectivity index (χ1) is 9.61. The second-order valence-electron chi connectivity index (χ2n) is 4.72. The molecular weight excluding hydrogens is 268 g/mol. The average molecular weight is 287 g/mol. The number of nitrogens with two attached hydrogens (primary N) is 1. The number of halogens is 2. The van der Waals surface area contributed by atoms with Crippen molar-refractivity contribution in [2.45, 2.75) is 19.5 Å². The van der Waals surface area contributed by atoms with Crippen LogP contribution in [0.4, 0.5) is 8.78 Å². The quantitative estimate of drug-likeness (QED) is 0.844. The van der Waals surface area contributed by atoms with Crippen LogP contribution in [0.5, 0.6) is 0 Å². The summed E-state index contributed by atoms with van der Waals surface area (Å²) in [5.74, 6) is 0.406. The predicted octanol–water partition coefficient (Wildman–Crippen LogP) is 0.271. The van der Waals surface area contributed by atoms with E-state index in [1.165, 1.54) is 12.4 Å². The van der Waals surface area contributed by atoms with Gasteiger partial charge in [-0.25, -0.2) is 4.98 Å². The third kappa shape index (κ3) is 3.51. The molecule has 1 saturated heterocycles. The minimum Gasteiger partial charge on any atom is -0.340 e. The van der Waals surface area contributed by atoms with Gasteiger partial charge in [0.1, 0.15) is 5.82 Å². The van der Waals surface area contributed by atoms with Crippen molar-refractivity contribution in [2.24, 2.45) is 5.73 Å². The van der Waals surface area contributed by atoms with Gasteiger partial charge in [0.05, 0.1) is 6.54 Å². The lowest BCUT2D eigenvalue weighted by Gasteiger charge is -2.34. The van der Waals surface area contributed by atoms with Gasteiger partial charge in [0.2, 0.25) is 5.91 Å². The first-order valence-corrected chi connectivity index (χ1v) is 6.62. The molecular formula is C12H19F2N5O. The van der Waals surface area contributed by atoms with Gasteiger partial charge in [0, 0.05) is 51.5 Å². The Balaban J connectivity index is 1.85. The first kappa shape index (κ1) is 14.9. The van der Waals surface area contributed by atoms with Crippen LogP contribution in [0.2, 0.25) is 0 Å². The van der Waals surface area contributed by atoms with E-state index >= 15 is 0 Å². The highest BCUT2D eigenvalue weighted by atomic mass is 19.3. The van der Waals surface area contributed by atoms with Crippen LogP contribution in [0, 0.1) is 0 Å². The Hall–Kier alpha value is -1.54. The fourth-order valence-corrected chi connectivity index (χ4v) is 2.28. The van der Waals surface area contributed by atoms with Crippen molar-refractivity contribution in [3.05, 3.63) is 18.2 Å². The number of aromatic nitrogens is 2. The number of rotatable bonds is 5. The Morgan fingerprint density at radius 3 is 2.65 bits per heavy atom. The molecule has 0 unspecified atom stereocenters. The lowest BCUT2D eigenvalue weighted by molar-refractivity contribution is -0.132. The van der Waals surface area contributed by atoms with Crippen LogP contribution in [0.25, 0.3) is 0 Å². The van der Waals surface area contributed by atoms with E-state index in [0.29, 0.717) is 51.5 Å².